The molecular formula is C17H28N2O4S2. The van der Waals surface area contributed by atoms with Gasteiger partial charge in [-0.15, -0.1) is 11.3 Å². The minimum atomic E-state index is -3.41. The van der Waals surface area contributed by atoms with E-state index in [0.717, 1.165) is 0 Å². The van der Waals surface area contributed by atoms with E-state index < -0.39 is 10.0 Å². The summed E-state index contributed by atoms with van der Waals surface area (Å²) in [5.74, 6) is 0.407. The van der Waals surface area contributed by atoms with Crippen molar-refractivity contribution in [3.05, 3.63) is 17.5 Å². The van der Waals surface area contributed by atoms with Gasteiger partial charge in [-0.2, -0.15) is 4.31 Å². The molecule has 8 heteroatoms. The molecule has 6 nitrogen and oxygen atoms in total. The van der Waals surface area contributed by atoms with Gasteiger partial charge in [0.1, 0.15) is 4.21 Å². The maximum atomic E-state index is 12.8. The number of nitrogens with zero attached hydrogens (tertiary/aromatic N) is 2. The van der Waals surface area contributed by atoms with Gasteiger partial charge in [-0.05, 0) is 30.2 Å². The molecule has 1 aliphatic heterocycles. The molecule has 0 aromatic carbocycles. The summed E-state index contributed by atoms with van der Waals surface area (Å²) in [5.41, 5.74) is 0. The highest BCUT2D eigenvalue weighted by Crippen LogP contribution is 2.27. The molecule has 0 bridgehead atoms. The molecule has 1 aliphatic rings. The third kappa shape index (κ3) is 5.26. The molecule has 1 saturated heterocycles. The maximum Gasteiger partial charge on any atom is 0.252 e. The van der Waals surface area contributed by atoms with Gasteiger partial charge in [0, 0.05) is 39.2 Å². The Bertz CT molecular complexity index is 636. The summed E-state index contributed by atoms with van der Waals surface area (Å²) < 4.78 is 32.1. The molecule has 0 saturated carbocycles. The molecule has 1 amide bonds. The minimum Gasteiger partial charge on any atom is -0.383 e. The molecule has 2 heterocycles. The van der Waals surface area contributed by atoms with Crippen molar-refractivity contribution in [3.8, 4) is 0 Å². The molecule has 0 aliphatic carbocycles. The molecule has 25 heavy (non-hydrogen) atoms. The van der Waals surface area contributed by atoms with Crippen LogP contribution in [0.4, 0.5) is 0 Å². The Labute approximate surface area is 154 Å². The average molecular weight is 389 g/mol. The Morgan fingerprint density at radius 1 is 1.40 bits per heavy atom. The van der Waals surface area contributed by atoms with Crippen LogP contribution in [-0.2, 0) is 19.6 Å². The van der Waals surface area contributed by atoms with Crippen LogP contribution >= 0.6 is 11.3 Å². The first-order valence-corrected chi connectivity index (χ1v) is 11.0. The molecule has 0 atom stereocenters. The number of ether oxygens (including phenoxy) is 1. The molecule has 0 spiro atoms. The summed E-state index contributed by atoms with van der Waals surface area (Å²) in [6, 6.07) is 3.37. The van der Waals surface area contributed by atoms with E-state index in [1.807, 2.05) is 4.90 Å². The first kappa shape index (κ1) is 20.4. The summed E-state index contributed by atoms with van der Waals surface area (Å²) in [7, 11) is -1.78. The predicted octanol–water partition coefficient (Wildman–Crippen LogP) is 2.28. The summed E-state index contributed by atoms with van der Waals surface area (Å²) >= 11 is 1.23. The Morgan fingerprint density at radius 3 is 2.60 bits per heavy atom. The van der Waals surface area contributed by atoms with E-state index >= 15 is 0 Å². The zero-order valence-corrected chi connectivity index (χ0v) is 16.8. The average Bonchev–Trinajstić information content (AvgIpc) is 3.13. The molecule has 0 radical (unpaired) electrons. The Morgan fingerprint density at radius 2 is 2.08 bits per heavy atom. The number of methoxy groups -OCH3 is 1. The number of thiophene rings is 1. The lowest BCUT2D eigenvalue weighted by molar-refractivity contribution is -0.138. The molecule has 0 unspecified atom stereocenters. The van der Waals surface area contributed by atoms with Gasteiger partial charge in [-0.1, -0.05) is 19.9 Å². The number of hydrogen-bond donors (Lipinski definition) is 0. The second-order valence-electron chi connectivity index (χ2n) is 6.78. The molecule has 1 aromatic heterocycles. The van der Waals surface area contributed by atoms with E-state index in [1.54, 1.807) is 24.6 Å². The number of hydrogen-bond acceptors (Lipinski definition) is 5. The second kappa shape index (κ2) is 9.12. The van der Waals surface area contributed by atoms with Gasteiger partial charge in [0.2, 0.25) is 5.91 Å². The van der Waals surface area contributed by atoms with E-state index in [1.165, 1.54) is 15.6 Å². The lowest BCUT2D eigenvalue weighted by Gasteiger charge is -2.34. The fourth-order valence-corrected chi connectivity index (χ4v) is 5.69. The standard InChI is InChI=1S/C17H28N2O4S2/c1-14(2)13-18(10-11-23-3)17(20)15-6-8-19(9-7-15)25(21,22)16-5-4-12-24-16/h4-5,12,14-15H,6-11,13H2,1-3H3. The summed E-state index contributed by atoms with van der Waals surface area (Å²) in [4.78, 5) is 14.7. The second-order valence-corrected chi connectivity index (χ2v) is 9.89. The van der Waals surface area contributed by atoms with Crippen LogP contribution in [0.3, 0.4) is 0 Å². The molecule has 0 N–H and O–H groups in total. The van der Waals surface area contributed by atoms with Crippen molar-refractivity contribution >= 4 is 27.3 Å². The molecule has 1 fully saturated rings. The summed E-state index contributed by atoms with van der Waals surface area (Å²) in [5, 5.41) is 1.77. The lowest BCUT2D eigenvalue weighted by atomic mass is 9.96. The van der Waals surface area contributed by atoms with E-state index in [4.69, 9.17) is 4.74 Å². The lowest BCUT2D eigenvalue weighted by Crippen LogP contribution is -2.46. The van der Waals surface area contributed by atoms with Gasteiger partial charge in [0.25, 0.3) is 10.0 Å². The van der Waals surface area contributed by atoms with Gasteiger partial charge >= 0.3 is 0 Å². The van der Waals surface area contributed by atoms with Crippen LogP contribution in [0.1, 0.15) is 26.7 Å². The number of rotatable bonds is 8. The van der Waals surface area contributed by atoms with Gasteiger partial charge in [-0.25, -0.2) is 8.42 Å². The predicted molar refractivity (Wildman–Crippen MR) is 99.1 cm³/mol. The quantitative estimate of drug-likeness (QED) is 0.685. The number of carbonyl (C=O) groups is 1. The van der Waals surface area contributed by atoms with Crippen LogP contribution in [0.2, 0.25) is 0 Å². The van der Waals surface area contributed by atoms with Crippen LogP contribution in [0.25, 0.3) is 0 Å². The van der Waals surface area contributed by atoms with Crippen molar-refractivity contribution < 1.29 is 17.9 Å². The molecule has 142 valence electrons. The van der Waals surface area contributed by atoms with E-state index in [-0.39, 0.29) is 11.8 Å². The zero-order chi connectivity index (χ0) is 18.4. The number of carbonyl (C=O) groups excluding carboxylic acids is 1. The molecule has 2 rings (SSSR count). The largest absolute Gasteiger partial charge is 0.383 e. The van der Waals surface area contributed by atoms with Crippen molar-refractivity contribution in [1.82, 2.24) is 9.21 Å². The van der Waals surface area contributed by atoms with Crippen molar-refractivity contribution in [1.29, 1.82) is 0 Å². The van der Waals surface area contributed by atoms with Crippen LogP contribution in [0.15, 0.2) is 21.7 Å². The van der Waals surface area contributed by atoms with E-state index in [2.05, 4.69) is 13.8 Å². The van der Waals surface area contributed by atoms with Gasteiger partial charge < -0.3 is 9.64 Å². The molecular weight excluding hydrogens is 360 g/mol. The van der Waals surface area contributed by atoms with Crippen molar-refractivity contribution in [2.24, 2.45) is 11.8 Å². The van der Waals surface area contributed by atoms with E-state index in [0.29, 0.717) is 55.8 Å². The summed E-state index contributed by atoms with van der Waals surface area (Å²) in [6.45, 7) is 6.78. The van der Waals surface area contributed by atoms with E-state index in [9.17, 15) is 13.2 Å². The SMILES string of the molecule is COCCN(CC(C)C)C(=O)C1CCN(S(=O)(=O)c2cccs2)CC1. The van der Waals surface area contributed by atoms with Crippen LogP contribution in [0.5, 0.6) is 0 Å². The maximum absolute atomic E-state index is 12.8. The third-order valence-electron chi connectivity index (χ3n) is 4.35. The van der Waals surface area contributed by atoms with Crippen molar-refractivity contribution in [2.75, 3.05) is 39.9 Å². The highest BCUT2D eigenvalue weighted by atomic mass is 32.2. The van der Waals surface area contributed by atoms with Crippen molar-refractivity contribution in [2.45, 2.75) is 30.9 Å². The number of piperidine rings is 1. The normalized spacial score (nSPS) is 17.1. The Kier molecular flexibility index (Phi) is 7.42. The topological polar surface area (TPSA) is 66.9 Å². The van der Waals surface area contributed by atoms with Crippen molar-refractivity contribution in [3.63, 3.8) is 0 Å². The fourth-order valence-electron chi connectivity index (χ4n) is 3.07. The Balaban J connectivity index is 1.97. The first-order chi connectivity index (χ1) is 11.9. The first-order valence-electron chi connectivity index (χ1n) is 8.67. The highest BCUT2D eigenvalue weighted by molar-refractivity contribution is 7.91. The minimum absolute atomic E-state index is 0.106. The zero-order valence-electron chi connectivity index (χ0n) is 15.2. The van der Waals surface area contributed by atoms with Gasteiger partial charge in [0.15, 0.2) is 0 Å². The number of sulfonamides is 1. The van der Waals surface area contributed by atoms with Crippen LogP contribution in [-0.4, -0.2) is 63.4 Å². The van der Waals surface area contributed by atoms with Gasteiger partial charge in [0.05, 0.1) is 6.61 Å². The van der Waals surface area contributed by atoms with Gasteiger partial charge in [-0.3, -0.25) is 4.79 Å². The Hall–Kier alpha value is -0.960. The smallest absolute Gasteiger partial charge is 0.252 e. The summed E-state index contributed by atoms with van der Waals surface area (Å²) in [6.07, 6.45) is 1.15. The molecule has 1 aromatic rings. The fraction of sp³-hybridized carbons (Fsp3) is 0.706. The number of amides is 1. The van der Waals surface area contributed by atoms with Crippen LogP contribution < -0.4 is 0 Å². The highest BCUT2D eigenvalue weighted by Gasteiger charge is 2.34. The third-order valence-corrected chi connectivity index (χ3v) is 7.63. The monoisotopic (exact) mass is 388 g/mol. The van der Waals surface area contributed by atoms with Crippen LogP contribution in [0, 0.1) is 11.8 Å².